The van der Waals surface area contributed by atoms with Gasteiger partial charge in [-0.2, -0.15) is 0 Å². The van der Waals surface area contributed by atoms with Crippen molar-refractivity contribution >= 4 is 23.5 Å². The lowest BCUT2D eigenvalue weighted by Gasteiger charge is -2.10. The van der Waals surface area contributed by atoms with Crippen molar-refractivity contribution in [2.75, 3.05) is 13.2 Å². The highest BCUT2D eigenvalue weighted by molar-refractivity contribution is 6.30. The van der Waals surface area contributed by atoms with Gasteiger partial charge in [-0.15, -0.1) is 0 Å². The number of ether oxygens (including phenoxy) is 2. The third-order valence-electron chi connectivity index (χ3n) is 3.89. The predicted octanol–water partition coefficient (Wildman–Crippen LogP) is 5.09. The van der Waals surface area contributed by atoms with Crippen LogP contribution in [0.5, 0.6) is 0 Å². The molecule has 0 amide bonds. The molecule has 0 atom stereocenters. The third-order valence-corrected chi connectivity index (χ3v) is 4.14. The van der Waals surface area contributed by atoms with Crippen molar-refractivity contribution in [1.82, 2.24) is 0 Å². The lowest BCUT2D eigenvalue weighted by molar-refractivity contribution is 0.0456. The molecule has 0 saturated heterocycles. The molecule has 26 heavy (non-hydrogen) atoms. The highest BCUT2D eigenvalue weighted by Gasteiger charge is 2.18. The van der Waals surface area contributed by atoms with E-state index in [0.29, 0.717) is 18.1 Å². The molecule has 2 rings (SSSR count). The number of esters is 2. The zero-order valence-corrected chi connectivity index (χ0v) is 15.6. The van der Waals surface area contributed by atoms with Crippen molar-refractivity contribution in [2.45, 2.75) is 32.6 Å². The molecule has 0 aliphatic heterocycles. The van der Waals surface area contributed by atoms with Crippen LogP contribution < -0.4 is 0 Å². The molecule has 0 spiro atoms. The lowest BCUT2D eigenvalue weighted by Crippen LogP contribution is -2.15. The maximum Gasteiger partial charge on any atom is 0.339 e. The topological polar surface area (TPSA) is 52.6 Å². The number of carbonyl (C=O) groups is 2. The molecule has 138 valence electrons. The second-order valence-corrected chi connectivity index (χ2v) is 6.34. The standard InChI is InChI=1S/C21H23ClO4/c1-2-3-6-14-25-20(23)18-7-4-5-8-19(18)21(24)26-15-13-16-9-11-17(22)12-10-16/h4-5,7-12H,2-3,6,13-15H2,1H3. The second kappa shape index (κ2) is 10.6. The molecule has 4 nitrogen and oxygen atoms in total. The highest BCUT2D eigenvalue weighted by atomic mass is 35.5. The van der Waals surface area contributed by atoms with E-state index in [9.17, 15) is 9.59 Å². The summed E-state index contributed by atoms with van der Waals surface area (Å²) in [7, 11) is 0. The van der Waals surface area contributed by atoms with Crippen LogP contribution in [0.1, 0.15) is 52.5 Å². The summed E-state index contributed by atoms with van der Waals surface area (Å²) in [5.41, 5.74) is 1.48. The van der Waals surface area contributed by atoms with Crippen molar-refractivity contribution < 1.29 is 19.1 Å². The van der Waals surface area contributed by atoms with Crippen molar-refractivity contribution in [3.63, 3.8) is 0 Å². The zero-order chi connectivity index (χ0) is 18.8. The molecule has 2 aromatic rings. The van der Waals surface area contributed by atoms with E-state index in [-0.39, 0.29) is 17.7 Å². The van der Waals surface area contributed by atoms with E-state index in [0.717, 1.165) is 24.8 Å². The first kappa shape index (κ1) is 20.0. The van der Waals surface area contributed by atoms with Gasteiger partial charge in [-0.25, -0.2) is 9.59 Å². The van der Waals surface area contributed by atoms with Crippen molar-refractivity contribution in [2.24, 2.45) is 0 Å². The summed E-state index contributed by atoms with van der Waals surface area (Å²) in [4.78, 5) is 24.6. The summed E-state index contributed by atoms with van der Waals surface area (Å²) in [5, 5.41) is 0.664. The van der Waals surface area contributed by atoms with Crippen LogP contribution in [0.2, 0.25) is 5.02 Å². The first-order valence-electron chi connectivity index (χ1n) is 8.79. The molecule has 0 fully saturated rings. The molecule has 0 bridgehead atoms. The number of benzene rings is 2. The Morgan fingerprint density at radius 2 is 1.42 bits per heavy atom. The maximum atomic E-state index is 12.3. The fraction of sp³-hybridized carbons (Fsp3) is 0.333. The number of hydrogen-bond donors (Lipinski definition) is 0. The van der Waals surface area contributed by atoms with Crippen molar-refractivity contribution in [1.29, 1.82) is 0 Å². The Morgan fingerprint density at radius 3 is 2.00 bits per heavy atom. The molecule has 0 aliphatic carbocycles. The summed E-state index contributed by atoms with van der Waals surface area (Å²) in [6, 6.07) is 13.9. The van der Waals surface area contributed by atoms with Crippen LogP contribution in [0.25, 0.3) is 0 Å². The normalized spacial score (nSPS) is 10.4. The number of unbranched alkanes of at least 4 members (excludes halogenated alkanes) is 2. The van der Waals surface area contributed by atoms with Gasteiger partial charge >= 0.3 is 11.9 Å². The Bertz CT molecular complexity index is 725. The van der Waals surface area contributed by atoms with Crippen molar-refractivity contribution in [3.8, 4) is 0 Å². The van der Waals surface area contributed by atoms with Crippen LogP contribution in [0.15, 0.2) is 48.5 Å². The predicted molar refractivity (Wildman–Crippen MR) is 102 cm³/mol. The van der Waals surface area contributed by atoms with Crippen LogP contribution in [0, 0.1) is 0 Å². The van der Waals surface area contributed by atoms with E-state index < -0.39 is 11.9 Å². The molecule has 0 saturated carbocycles. The van der Waals surface area contributed by atoms with Gasteiger partial charge in [-0.3, -0.25) is 0 Å². The number of hydrogen-bond acceptors (Lipinski definition) is 4. The van der Waals surface area contributed by atoms with Crippen LogP contribution in [-0.2, 0) is 15.9 Å². The van der Waals surface area contributed by atoms with E-state index in [4.69, 9.17) is 21.1 Å². The quantitative estimate of drug-likeness (QED) is 0.453. The van der Waals surface area contributed by atoms with Gasteiger partial charge < -0.3 is 9.47 Å². The van der Waals surface area contributed by atoms with E-state index in [1.807, 2.05) is 12.1 Å². The van der Waals surface area contributed by atoms with E-state index >= 15 is 0 Å². The zero-order valence-electron chi connectivity index (χ0n) is 14.9. The summed E-state index contributed by atoms with van der Waals surface area (Å²) in [6.07, 6.45) is 3.44. The molecule has 5 heteroatoms. The fourth-order valence-corrected chi connectivity index (χ4v) is 2.55. The average molecular weight is 375 g/mol. The maximum absolute atomic E-state index is 12.3. The van der Waals surface area contributed by atoms with Crippen LogP contribution in [0.3, 0.4) is 0 Å². The van der Waals surface area contributed by atoms with Gasteiger partial charge in [-0.05, 0) is 36.2 Å². The minimum Gasteiger partial charge on any atom is -0.462 e. The van der Waals surface area contributed by atoms with Gasteiger partial charge in [0.1, 0.15) is 0 Å². The Balaban J connectivity index is 1.91. The average Bonchev–Trinajstić information content (AvgIpc) is 2.66. The van der Waals surface area contributed by atoms with E-state index in [1.54, 1.807) is 36.4 Å². The Kier molecular flexibility index (Phi) is 8.16. The second-order valence-electron chi connectivity index (χ2n) is 5.90. The minimum atomic E-state index is -0.528. The molecular formula is C21H23ClO4. The highest BCUT2D eigenvalue weighted by Crippen LogP contribution is 2.14. The smallest absolute Gasteiger partial charge is 0.339 e. The van der Waals surface area contributed by atoms with Gasteiger partial charge in [0.05, 0.1) is 24.3 Å². The first-order valence-corrected chi connectivity index (χ1v) is 9.17. The van der Waals surface area contributed by atoms with Gasteiger partial charge in [0.15, 0.2) is 0 Å². The summed E-state index contributed by atoms with van der Waals surface area (Å²) in [5.74, 6) is -1.02. The summed E-state index contributed by atoms with van der Waals surface area (Å²) < 4.78 is 10.6. The lowest BCUT2D eigenvalue weighted by atomic mass is 10.1. The van der Waals surface area contributed by atoms with Crippen LogP contribution in [0.4, 0.5) is 0 Å². The molecular weight excluding hydrogens is 352 g/mol. The number of rotatable bonds is 9. The van der Waals surface area contributed by atoms with Gasteiger partial charge in [0.2, 0.25) is 0 Å². The molecule has 0 heterocycles. The third kappa shape index (κ3) is 6.19. The molecule has 0 unspecified atom stereocenters. The Morgan fingerprint density at radius 1 is 0.846 bits per heavy atom. The summed E-state index contributed by atoms with van der Waals surface area (Å²) in [6.45, 7) is 2.66. The van der Waals surface area contributed by atoms with Gasteiger partial charge in [0.25, 0.3) is 0 Å². The monoisotopic (exact) mass is 374 g/mol. The van der Waals surface area contributed by atoms with E-state index in [1.165, 1.54) is 0 Å². The SMILES string of the molecule is CCCCCOC(=O)c1ccccc1C(=O)OCCc1ccc(Cl)cc1. The minimum absolute atomic E-state index is 0.223. The van der Waals surface area contributed by atoms with Crippen LogP contribution >= 0.6 is 11.6 Å². The molecule has 0 radical (unpaired) electrons. The van der Waals surface area contributed by atoms with Gasteiger partial charge in [0, 0.05) is 11.4 Å². The fourth-order valence-electron chi connectivity index (χ4n) is 2.42. The van der Waals surface area contributed by atoms with Gasteiger partial charge in [-0.1, -0.05) is 55.6 Å². The largest absolute Gasteiger partial charge is 0.462 e. The molecule has 0 aromatic heterocycles. The molecule has 0 N–H and O–H groups in total. The first-order chi connectivity index (χ1) is 12.6. The van der Waals surface area contributed by atoms with Crippen LogP contribution in [-0.4, -0.2) is 25.2 Å². The van der Waals surface area contributed by atoms with E-state index in [2.05, 4.69) is 6.92 Å². The Labute approximate surface area is 159 Å². The number of halogens is 1. The van der Waals surface area contributed by atoms with Crippen molar-refractivity contribution in [3.05, 3.63) is 70.2 Å². The molecule has 2 aromatic carbocycles. The molecule has 0 aliphatic rings. The Hall–Kier alpha value is -2.33. The number of carbonyl (C=O) groups excluding carboxylic acids is 2. The summed E-state index contributed by atoms with van der Waals surface area (Å²) >= 11 is 5.85.